The normalized spacial score (nSPS) is 28.8. The SMILES string of the molecule is O[C@H]1CNC[C@@H]1N1CCN(c2ccccc2Cl)CC1. The third-order valence-electron chi connectivity index (χ3n) is 4.13. The van der Waals surface area contributed by atoms with Gasteiger partial charge in [0.05, 0.1) is 16.8 Å². The molecule has 4 nitrogen and oxygen atoms in total. The van der Waals surface area contributed by atoms with Crippen molar-refractivity contribution in [2.75, 3.05) is 44.2 Å². The van der Waals surface area contributed by atoms with Gasteiger partial charge in [-0.1, -0.05) is 23.7 Å². The highest BCUT2D eigenvalue weighted by Crippen LogP contribution is 2.26. The molecule has 1 aromatic rings. The Labute approximate surface area is 119 Å². The van der Waals surface area contributed by atoms with Crippen LogP contribution in [-0.2, 0) is 0 Å². The molecule has 0 spiro atoms. The minimum atomic E-state index is -0.230. The maximum Gasteiger partial charge on any atom is 0.0831 e. The van der Waals surface area contributed by atoms with E-state index in [0.717, 1.165) is 50.0 Å². The quantitative estimate of drug-likeness (QED) is 0.841. The van der Waals surface area contributed by atoms with Crippen LogP contribution in [0, 0.1) is 0 Å². The Morgan fingerprint density at radius 2 is 1.84 bits per heavy atom. The van der Waals surface area contributed by atoms with Gasteiger partial charge in [0.2, 0.25) is 0 Å². The van der Waals surface area contributed by atoms with Gasteiger partial charge in [-0.15, -0.1) is 0 Å². The molecule has 2 aliphatic heterocycles. The van der Waals surface area contributed by atoms with E-state index in [1.165, 1.54) is 0 Å². The molecule has 5 heteroatoms. The van der Waals surface area contributed by atoms with Gasteiger partial charge in [0, 0.05) is 45.3 Å². The molecule has 0 aromatic heterocycles. The van der Waals surface area contributed by atoms with Crippen LogP contribution in [0.4, 0.5) is 5.69 Å². The Bertz CT molecular complexity index is 434. The van der Waals surface area contributed by atoms with Crippen LogP contribution in [0.25, 0.3) is 0 Å². The second-order valence-corrected chi connectivity index (χ2v) is 5.67. The highest BCUT2D eigenvalue weighted by atomic mass is 35.5. The summed E-state index contributed by atoms with van der Waals surface area (Å²) in [4.78, 5) is 4.71. The van der Waals surface area contributed by atoms with Crippen molar-refractivity contribution in [1.29, 1.82) is 0 Å². The number of halogens is 1. The number of benzene rings is 1. The van der Waals surface area contributed by atoms with Gasteiger partial charge in [-0.05, 0) is 12.1 Å². The molecule has 0 amide bonds. The van der Waals surface area contributed by atoms with E-state index < -0.39 is 0 Å². The second-order valence-electron chi connectivity index (χ2n) is 5.27. The van der Waals surface area contributed by atoms with Crippen LogP contribution in [0.1, 0.15) is 0 Å². The lowest BCUT2D eigenvalue weighted by Gasteiger charge is -2.40. The van der Waals surface area contributed by atoms with Gasteiger partial charge in [-0.2, -0.15) is 0 Å². The van der Waals surface area contributed by atoms with Gasteiger partial charge >= 0.3 is 0 Å². The topological polar surface area (TPSA) is 38.7 Å². The van der Waals surface area contributed by atoms with Crippen LogP contribution in [0.2, 0.25) is 5.02 Å². The van der Waals surface area contributed by atoms with Crippen molar-refractivity contribution >= 4 is 17.3 Å². The first kappa shape index (κ1) is 13.2. The molecule has 0 saturated carbocycles. The molecule has 0 aliphatic carbocycles. The smallest absolute Gasteiger partial charge is 0.0831 e. The van der Waals surface area contributed by atoms with E-state index in [2.05, 4.69) is 21.2 Å². The van der Waals surface area contributed by atoms with E-state index in [1.54, 1.807) is 0 Å². The lowest BCUT2D eigenvalue weighted by molar-refractivity contribution is 0.0792. The zero-order valence-corrected chi connectivity index (χ0v) is 11.7. The van der Waals surface area contributed by atoms with Crippen LogP contribution >= 0.6 is 11.6 Å². The number of aliphatic hydroxyl groups excluding tert-OH is 1. The number of rotatable bonds is 2. The molecule has 2 heterocycles. The number of hydrogen-bond acceptors (Lipinski definition) is 4. The molecular weight excluding hydrogens is 262 g/mol. The molecular formula is C14H20ClN3O. The van der Waals surface area contributed by atoms with Gasteiger partial charge in [-0.3, -0.25) is 4.90 Å². The van der Waals surface area contributed by atoms with Crippen molar-refractivity contribution in [3.05, 3.63) is 29.3 Å². The van der Waals surface area contributed by atoms with E-state index in [1.807, 2.05) is 18.2 Å². The Morgan fingerprint density at radius 1 is 1.11 bits per heavy atom. The van der Waals surface area contributed by atoms with Crippen molar-refractivity contribution in [2.45, 2.75) is 12.1 Å². The van der Waals surface area contributed by atoms with E-state index in [4.69, 9.17) is 11.6 Å². The minimum Gasteiger partial charge on any atom is -0.390 e. The molecule has 0 radical (unpaired) electrons. The van der Waals surface area contributed by atoms with Gasteiger partial charge in [-0.25, -0.2) is 0 Å². The summed E-state index contributed by atoms with van der Waals surface area (Å²) in [6.07, 6.45) is -0.230. The highest BCUT2D eigenvalue weighted by molar-refractivity contribution is 6.33. The predicted molar refractivity (Wildman–Crippen MR) is 77.9 cm³/mol. The zero-order chi connectivity index (χ0) is 13.2. The van der Waals surface area contributed by atoms with Crippen molar-refractivity contribution in [2.24, 2.45) is 0 Å². The molecule has 0 bridgehead atoms. The molecule has 3 rings (SSSR count). The van der Waals surface area contributed by atoms with Crippen LogP contribution in [0.5, 0.6) is 0 Å². The summed E-state index contributed by atoms with van der Waals surface area (Å²) < 4.78 is 0. The van der Waals surface area contributed by atoms with Crippen molar-refractivity contribution in [3.8, 4) is 0 Å². The first-order valence-electron chi connectivity index (χ1n) is 6.88. The monoisotopic (exact) mass is 281 g/mol. The molecule has 2 N–H and O–H groups in total. The molecule has 104 valence electrons. The number of anilines is 1. The third kappa shape index (κ3) is 2.72. The molecule has 2 fully saturated rings. The highest BCUT2D eigenvalue weighted by Gasteiger charge is 2.32. The van der Waals surface area contributed by atoms with Crippen LogP contribution in [0.15, 0.2) is 24.3 Å². The van der Waals surface area contributed by atoms with Crippen molar-refractivity contribution < 1.29 is 5.11 Å². The minimum absolute atomic E-state index is 0.230. The Hall–Kier alpha value is -0.810. The van der Waals surface area contributed by atoms with Crippen LogP contribution in [-0.4, -0.2) is 61.4 Å². The molecule has 2 atom stereocenters. The lowest BCUT2D eigenvalue weighted by atomic mass is 10.1. The summed E-state index contributed by atoms with van der Waals surface area (Å²) in [7, 11) is 0. The summed E-state index contributed by atoms with van der Waals surface area (Å²) in [5.41, 5.74) is 1.12. The number of nitrogens with one attached hydrogen (secondary N) is 1. The van der Waals surface area contributed by atoms with Crippen molar-refractivity contribution in [3.63, 3.8) is 0 Å². The second kappa shape index (κ2) is 5.67. The largest absolute Gasteiger partial charge is 0.390 e. The molecule has 19 heavy (non-hydrogen) atoms. The lowest BCUT2D eigenvalue weighted by Crippen LogP contribution is -2.53. The number of nitrogens with zero attached hydrogens (tertiary/aromatic N) is 2. The summed E-state index contributed by atoms with van der Waals surface area (Å²) in [5, 5.41) is 14.0. The van der Waals surface area contributed by atoms with Gasteiger partial charge in [0.25, 0.3) is 0 Å². The van der Waals surface area contributed by atoms with Gasteiger partial charge in [0.1, 0.15) is 0 Å². The zero-order valence-electron chi connectivity index (χ0n) is 10.9. The number of β-amino-alcohol motifs (C(OH)–C–C–N with tert-alkyl or cyclic N) is 1. The van der Waals surface area contributed by atoms with E-state index >= 15 is 0 Å². The first-order chi connectivity index (χ1) is 9.25. The predicted octanol–water partition coefficient (Wildman–Crippen LogP) is 0.795. The maximum atomic E-state index is 9.93. The molecule has 1 aromatic carbocycles. The first-order valence-corrected chi connectivity index (χ1v) is 7.26. The summed E-state index contributed by atoms with van der Waals surface area (Å²) in [6, 6.07) is 8.27. The summed E-state index contributed by atoms with van der Waals surface area (Å²) in [6.45, 7) is 5.51. The van der Waals surface area contributed by atoms with E-state index in [9.17, 15) is 5.11 Å². The molecule has 0 unspecified atom stereocenters. The standard InChI is InChI=1S/C14H20ClN3O/c15-11-3-1-2-4-12(11)17-5-7-18(8-6-17)13-9-16-10-14(13)19/h1-4,13-14,16,19H,5-10H2/t13-,14-/m0/s1. The van der Waals surface area contributed by atoms with Crippen LogP contribution in [0.3, 0.4) is 0 Å². The van der Waals surface area contributed by atoms with Crippen LogP contribution < -0.4 is 10.2 Å². The molecule has 2 saturated heterocycles. The van der Waals surface area contributed by atoms with Gasteiger partial charge in [0.15, 0.2) is 0 Å². The fraction of sp³-hybridized carbons (Fsp3) is 0.571. The summed E-state index contributed by atoms with van der Waals surface area (Å²) in [5.74, 6) is 0. The number of para-hydroxylation sites is 1. The number of aliphatic hydroxyl groups is 1. The Morgan fingerprint density at radius 3 is 2.47 bits per heavy atom. The van der Waals surface area contributed by atoms with Gasteiger partial charge < -0.3 is 15.3 Å². The maximum absolute atomic E-state index is 9.93. The van der Waals surface area contributed by atoms with E-state index in [0.29, 0.717) is 0 Å². The fourth-order valence-corrected chi connectivity index (χ4v) is 3.28. The average Bonchev–Trinajstić information content (AvgIpc) is 2.86. The fourth-order valence-electron chi connectivity index (χ4n) is 3.03. The number of hydrogen-bond donors (Lipinski definition) is 2. The Kier molecular flexibility index (Phi) is 3.93. The summed E-state index contributed by atoms with van der Waals surface area (Å²) >= 11 is 6.24. The molecule has 2 aliphatic rings. The third-order valence-corrected chi connectivity index (χ3v) is 4.45. The van der Waals surface area contributed by atoms with E-state index in [-0.39, 0.29) is 12.1 Å². The van der Waals surface area contributed by atoms with Crippen molar-refractivity contribution in [1.82, 2.24) is 10.2 Å². The number of piperazine rings is 1. The Balaban J connectivity index is 1.62. The average molecular weight is 282 g/mol.